The van der Waals surface area contributed by atoms with E-state index in [4.69, 9.17) is 20.4 Å². The number of ether oxygens (including phenoxy) is 2. The van der Waals surface area contributed by atoms with Crippen LogP contribution in [-0.4, -0.2) is 40.2 Å². The van der Waals surface area contributed by atoms with Crippen molar-refractivity contribution >= 4 is 22.6 Å². The Morgan fingerprint density at radius 3 is 2.45 bits per heavy atom. The molecule has 10 nitrogen and oxygen atoms in total. The molecule has 0 bridgehead atoms. The molecule has 0 amide bonds. The van der Waals surface area contributed by atoms with E-state index in [1.807, 2.05) is 0 Å². The number of nitro groups is 1. The summed E-state index contributed by atoms with van der Waals surface area (Å²) in [5, 5.41) is 23.0. The summed E-state index contributed by atoms with van der Waals surface area (Å²) >= 11 is 0. The van der Waals surface area contributed by atoms with Gasteiger partial charge in [-0.15, -0.1) is 0 Å². The van der Waals surface area contributed by atoms with E-state index in [0.717, 1.165) is 0 Å². The molecule has 0 radical (unpaired) electrons. The maximum Gasteiger partial charge on any atom is 0.278 e. The average Bonchev–Trinajstić information content (AvgIpc) is 2.51. The van der Waals surface area contributed by atoms with Gasteiger partial charge >= 0.3 is 0 Å². The van der Waals surface area contributed by atoms with Crippen molar-refractivity contribution in [3.05, 3.63) is 27.3 Å². The van der Waals surface area contributed by atoms with E-state index in [9.17, 15) is 10.1 Å². The largest absolute Gasteiger partial charge is 0.477 e. The van der Waals surface area contributed by atoms with Gasteiger partial charge in [0.05, 0.1) is 24.7 Å². The van der Waals surface area contributed by atoms with Crippen molar-refractivity contribution in [3.8, 4) is 11.8 Å². The van der Waals surface area contributed by atoms with Gasteiger partial charge in [0.1, 0.15) is 11.0 Å². The van der Waals surface area contributed by atoms with Gasteiger partial charge < -0.3 is 20.4 Å². The first kappa shape index (κ1) is 15.2. The Hall–Kier alpha value is -3.17. The number of rotatable bonds is 4. The molecule has 2 aromatic rings. The number of amidine groups is 1. The van der Waals surface area contributed by atoms with Crippen LogP contribution >= 0.6 is 0 Å². The van der Waals surface area contributed by atoms with Crippen molar-refractivity contribution in [2.75, 3.05) is 14.2 Å². The SMILES string of the molecule is COc1nc2cc([N+](=O)[O-])c(C)c(/C(N)=N\O)c2nc1OC. The maximum atomic E-state index is 11.2. The molecule has 10 heteroatoms. The van der Waals surface area contributed by atoms with Gasteiger partial charge in [-0.25, -0.2) is 9.97 Å². The number of nitrogens with zero attached hydrogens (tertiary/aromatic N) is 4. The van der Waals surface area contributed by atoms with E-state index in [-0.39, 0.29) is 45.4 Å². The number of aromatic nitrogens is 2. The summed E-state index contributed by atoms with van der Waals surface area (Å²) in [7, 11) is 2.74. The molecule has 1 heterocycles. The van der Waals surface area contributed by atoms with E-state index in [0.29, 0.717) is 0 Å². The quantitative estimate of drug-likeness (QED) is 0.279. The highest BCUT2D eigenvalue weighted by molar-refractivity contribution is 6.09. The van der Waals surface area contributed by atoms with Crippen LogP contribution in [0.3, 0.4) is 0 Å². The third-order valence-corrected chi connectivity index (χ3v) is 3.08. The molecule has 0 saturated carbocycles. The minimum Gasteiger partial charge on any atom is -0.477 e. The fourth-order valence-corrected chi connectivity index (χ4v) is 2.06. The fraction of sp³-hybridized carbons (Fsp3) is 0.250. The Morgan fingerprint density at radius 1 is 1.36 bits per heavy atom. The maximum absolute atomic E-state index is 11.2. The highest BCUT2D eigenvalue weighted by Crippen LogP contribution is 2.32. The molecular formula is C12H13N5O5. The first-order chi connectivity index (χ1) is 10.4. The lowest BCUT2D eigenvalue weighted by Crippen LogP contribution is -2.17. The molecule has 0 aliphatic carbocycles. The van der Waals surface area contributed by atoms with Crippen molar-refractivity contribution in [2.24, 2.45) is 10.9 Å². The lowest BCUT2D eigenvalue weighted by atomic mass is 10.0. The van der Waals surface area contributed by atoms with Crippen LogP contribution in [0.5, 0.6) is 11.8 Å². The molecule has 116 valence electrons. The van der Waals surface area contributed by atoms with Crippen molar-refractivity contribution in [3.63, 3.8) is 0 Å². The van der Waals surface area contributed by atoms with E-state index >= 15 is 0 Å². The zero-order valence-corrected chi connectivity index (χ0v) is 12.0. The standard InChI is InChI=1S/C12H13N5O5/c1-5-7(17(19)20)4-6-9(8(5)10(13)16-18)15-12(22-3)11(14-6)21-2/h4,18H,1-3H3,(H2,13,16). The van der Waals surface area contributed by atoms with Gasteiger partial charge in [-0.3, -0.25) is 10.1 Å². The molecule has 0 unspecified atom stereocenters. The second-order valence-electron chi connectivity index (χ2n) is 4.25. The summed E-state index contributed by atoms with van der Waals surface area (Å²) in [6.45, 7) is 1.48. The van der Waals surface area contributed by atoms with E-state index < -0.39 is 4.92 Å². The minimum atomic E-state index is -0.582. The molecule has 3 N–H and O–H groups in total. The number of benzene rings is 1. The number of fused-ring (bicyclic) bond motifs is 1. The molecule has 0 aliphatic heterocycles. The van der Waals surface area contributed by atoms with Crippen molar-refractivity contribution < 1.29 is 19.6 Å². The summed E-state index contributed by atoms with van der Waals surface area (Å²) in [5.74, 6) is -0.165. The zero-order valence-electron chi connectivity index (χ0n) is 12.0. The number of nitrogens with two attached hydrogens (primary N) is 1. The number of methoxy groups -OCH3 is 2. The molecule has 0 aliphatic rings. The molecule has 1 aromatic carbocycles. The molecule has 0 atom stereocenters. The highest BCUT2D eigenvalue weighted by atomic mass is 16.6. The fourth-order valence-electron chi connectivity index (χ4n) is 2.06. The Morgan fingerprint density at radius 2 is 1.95 bits per heavy atom. The average molecular weight is 307 g/mol. The summed E-state index contributed by atoms with van der Waals surface area (Å²) in [6.07, 6.45) is 0. The predicted octanol–water partition coefficient (Wildman–Crippen LogP) is 0.958. The van der Waals surface area contributed by atoms with E-state index in [1.54, 1.807) is 0 Å². The van der Waals surface area contributed by atoms with Gasteiger partial charge in [-0.2, -0.15) is 0 Å². The minimum absolute atomic E-state index is 0.0682. The third kappa shape index (κ3) is 2.30. The van der Waals surface area contributed by atoms with Gasteiger partial charge in [-0.1, -0.05) is 5.16 Å². The second kappa shape index (κ2) is 5.68. The molecule has 2 rings (SSSR count). The van der Waals surface area contributed by atoms with Crippen molar-refractivity contribution in [2.45, 2.75) is 6.92 Å². The van der Waals surface area contributed by atoms with Gasteiger partial charge in [0, 0.05) is 11.6 Å². The van der Waals surface area contributed by atoms with E-state index in [1.165, 1.54) is 27.2 Å². The Kier molecular flexibility index (Phi) is 3.93. The van der Waals surface area contributed by atoms with Crippen LogP contribution in [0, 0.1) is 17.0 Å². The molecule has 0 saturated heterocycles. The zero-order chi connectivity index (χ0) is 16.4. The summed E-state index contributed by atoms with van der Waals surface area (Å²) in [4.78, 5) is 18.9. The lowest BCUT2D eigenvalue weighted by molar-refractivity contribution is -0.385. The Labute approximate surface area is 124 Å². The summed E-state index contributed by atoms with van der Waals surface area (Å²) in [5.41, 5.74) is 6.09. The number of nitro benzene ring substituents is 1. The first-order valence-electron chi connectivity index (χ1n) is 6.00. The Balaban J connectivity index is 2.98. The second-order valence-corrected chi connectivity index (χ2v) is 4.25. The number of hydrogen-bond donors (Lipinski definition) is 2. The Bertz CT molecular complexity index is 789. The van der Waals surface area contributed by atoms with E-state index in [2.05, 4.69) is 15.1 Å². The molecule has 0 spiro atoms. The summed E-state index contributed by atoms with van der Waals surface area (Å²) < 4.78 is 10.1. The molecule has 22 heavy (non-hydrogen) atoms. The topological polar surface area (TPSA) is 146 Å². The van der Waals surface area contributed by atoms with Gasteiger partial charge in [0.2, 0.25) is 0 Å². The highest BCUT2D eigenvalue weighted by Gasteiger charge is 2.24. The van der Waals surface area contributed by atoms with Crippen molar-refractivity contribution in [1.29, 1.82) is 0 Å². The van der Waals surface area contributed by atoms with Crippen LogP contribution in [0.15, 0.2) is 11.2 Å². The first-order valence-corrected chi connectivity index (χ1v) is 6.00. The smallest absolute Gasteiger partial charge is 0.278 e. The van der Waals surface area contributed by atoms with Gasteiger partial charge in [0.25, 0.3) is 17.4 Å². The number of hydrogen-bond acceptors (Lipinski definition) is 8. The monoisotopic (exact) mass is 307 g/mol. The predicted molar refractivity (Wildman–Crippen MR) is 76.5 cm³/mol. The molecule has 1 aromatic heterocycles. The van der Waals surface area contributed by atoms with Crippen LogP contribution in [0.2, 0.25) is 0 Å². The van der Waals surface area contributed by atoms with Crippen LogP contribution in [0.4, 0.5) is 5.69 Å². The van der Waals surface area contributed by atoms with Crippen LogP contribution < -0.4 is 15.2 Å². The van der Waals surface area contributed by atoms with Gasteiger partial charge in [0.15, 0.2) is 5.84 Å². The van der Waals surface area contributed by atoms with Crippen LogP contribution in [0.25, 0.3) is 11.0 Å². The lowest BCUT2D eigenvalue weighted by Gasteiger charge is -2.11. The number of oxime groups is 1. The third-order valence-electron chi connectivity index (χ3n) is 3.08. The molecule has 0 fully saturated rings. The van der Waals surface area contributed by atoms with Crippen LogP contribution in [-0.2, 0) is 0 Å². The molecular weight excluding hydrogens is 294 g/mol. The normalized spacial score (nSPS) is 11.5. The van der Waals surface area contributed by atoms with Crippen LogP contribution in [0.1, 0.15) is 11.1 Å². The summed E-state index contributed by atoms with van der Waals surface area (Å²) in [6, 6.07) is 1.24. The van der Waals surface area contributed by atoms with Gasteiger partial charge in [-0.05, 0) is 6.92 Å². The van der Waals surface area contributed by atoms with Crippen molar-refractivity contribution in [1.82, 2.24) is 9.97 Å².